The highest BCUT2D eigenvalue weighted by Gasteiger charge is 2.27. The molecule has 5 nitrogen and oxygen atoms in total. The first kappa shape index (κ1) is 14.3. The van der Waals surface area contributed by atoms with Gasteiger partial charge in [0.1, 0.15) is 5.75 Å². The topological polar surface area (TPSA) is 55.8 Å². The van der Waals surface area contributed by atoms with Crippen molar-refractivity contribution in [2.45, 2.75) is 31.6 Å². The molecule has 1 aromatic rings. The van der Waals surface area contributed by atoms with Gasteiger partial charge in [0.25, 0.3) is 10.0 Å². The first-order valence-electron chi connectivity index (χ1n) is 6.45. The van der Waals surface area contributed by atoms with Gasteiger partial charge in [0.15, 0.2) is 0 Å². The molecule has 1 aliphatic rings. The van der Waals surface area contributed by atoms with E-state index in [2.05, 4.69) is 0 Å². The standard InChI is InChI=1S/C13H19NO4S/c1-3-17-13-7-6-12(10-11(13)2)19(15,16)14-8-4-5-9-18-14/h6-7,10H,3-5,8-9H2,1-2H3. The summed E-state index contributed by atoms with van der Waals surface area (Å²) in [5.74, 6) is 0.709. The molecule has 1 fully saturated rings. The molecule has 0 aromatic heterocycles. The molecule has 2 rings (SSSR count). The maximum absolute atomic E-state index is 12.4. The molecule has 6 heteroatoms. The molecule has 1 heterocycles. The first-order chi connectivity index (χ1) is 9.05. The van der Waals surface area contributed by atoms with Crippen LogP contribution in [0.25, 0.3) is 0 Å². The van der Waals surface area contributed by atoms with Gasteiger partial charge in [0.05, 0.1) is 18.1 Å². The molecule has 0 spiro atoms. The average Bonchev–Trinajstić information content (AvgIpc) is 2.42. The van der Waals surface area contributed by atoms with Crippen molar-refractivity contribution in [3.63, 3.8) is 0 Å². The zero-order valence-electron chi connectivity index (χ0n) is 11.3. The van der Waals surface area contributed by atoms with Crippen molar-refractivity contribution in [2.24, 2.45) is 0 Å². The number of hydrogen-bond acceptors (Lipinski definition) is 4. The Morgan fingerprint density at radius 1 is 1.37 bits per heavy atom. The lowest BCUT2D eigenvalue weighted by Gasteiger charge is -2.25. The number of rotatable bonds is 4. The minimum atomic E-state index is -3.56. The van der Waals surface area contributed by atoms with Crippen LogP contribution in [0.4, 0.5) is 0 Å². The molecular weight excluding hydrogens is 266 g/mol. The summed E-state index contributed by atoms with van der Waals surface area (Å²) in [6.07, 6.45) is 1.73. The molecule has 106 valence electrons. The Hall–Kier alpha value is -1.11. The summed E-state index contributed by atoms with van der Waals surface area (Å²) < 4.78 is 31.2. The third kappa shape index (κ3) is 3.08. The Kier molecular flexibility index (Phi) is 4.44. The van der Waals surface area contributed by atoms with Crippen LogP contribution in [-0.2, 0) is 14.9 Å². The highest BCUT2D eigenvalue weighted by atomic mass is 32.2. The van der Waals surface area contributed by atoms with Gasteiger partial charge >= 0.3 is 0 Å². The monoisotopic (exact) mass is 285 g/mol. The van der Waals surface area contributed by atoms with E-state index in [0.29, 0.717) is 25.5 Å². The van der Waals surface area contributed by atoms with Crippen LogP contribution in [-0.4, -0.2) is 32.6 Å². The maximum Gasteiger partial charge on any atom is 0.265 e. The van der Waals surface area contributed by atoms with E-state index in [-0.39, 0.29) is 4.90 Å². The van der Waals surface area contributed by atoms with Crippen molar-refractivity contribution < 1.29 is 18.0 Å². The van der Waals surface area contributed by atoms with E-state index in [1.807, 2.05) is 13.8 Å². The van der Waals surface area contributed by atoms with Gasteiger partial charge in [0.2, 0.25) is 0 Å². The summed E-state index contributed by atoms with van der Waals surface area (Å²) in [7, 11) is -3.56. The predicted octanol–water partition coefficient (Wildman–Crippen LogP) is 2.11. The van der Waals surface area contributed by atoms with E-state index < -0.39 is 10.0 Å². The number of hydroxylamine groups is 1. The number of ether oxygens (including phenoxy) is 1. The summed E-state index contributed by atoms with van der Waals surface area (Å²) >= 11 is 0. The van der Waals surface area contributed by atoms with Crippen LogP contribution in [0.3, 0.4) is 0 Å². The second-order valence-electron chi connectivity index (χ2n) is 4.43. The van der Waals surface area contributed by atoms with Gasteiger partial charge in [-0.2, -0.15) is 0 Å². The summed E-state index contributed by atoms with van der Waals surface area (Å²) in [6.45, 7) is 5.15. The van der Waals surface area contributed by atoms with Crippen molar-refractivity contribution in [3.05, 3.63) is 23.8 Å². The maximum atomic E-state index is 12.4. The van der Waals surface area contributed by atoms with Gasteiger partial charge in [-0.3, -0.25) is 4.84 Å². The van der Waals surface area contributed by atoms with E-state index in [0.717, 1.165) is 22.9 Å². The Labute approximate surface area is 114 Å². The molecule has 0 atom stereocenters. The summed E-state index contributed by atoms with van der Waals surface area (Å²) in [5.41, 5.74) is 0.805. The minimum absolute atomic E-state index is 0.246. The van der Waals surface area contributed by atoms with Crippen molar-refractivity contribution in [1.29, 1.82) is 0 Å². The van der Waals surface area contributed by atoms with Crippen LogP contribution in [0.2, 0.25) is 0 Å². The van der Waals surface area contributed by atoms with Crippen LogP contribution >= 0.6 is 0 Å². The molecule has 1 aromatic carbocycles. The van der Waals surface area contributed by atoms with Crippen molar-refractivity contribution in [1.82, 2.24) is 4.47 Å². The summed E-state index contributed by atoms with van der Waals surface area (Å²) in [5, 5.41) is 0. The van der Waals surface area contributed by atoms with E-state index in [9.17, 15) is 8.42 Å². The van der Waals surface area contributed by atoms with Crippen LogP contribution in [0.1, 0.15) is 25.3 Å². The fourth-order valence-corrected chi connectivity index (χ4v) is 3.36. The molecule has 0 amide bonds. The molecular formula is C13H19NO4S. The quantitative estimate of drug-likeness (QED) is 0.850. The summed E-state index contributed by atoms with van der Waals surface area (Å²) in [6, 6.07) is 4.87. The molecule has 0 unspecified atom stereocenters. The third-order valence-electron chi connectivity index (χ3n) is 2.98. The van der Waals surface area contributed by atoms with Crippen LogP contribution in [0, 0.1) is 6.92 Å². The molecule has 1 saturated heterocycles. The number of benzene rings is 1. The zero-order valence-corrected chi connectivity index (χ0v) is 12.1. The number of aryl methyl sites for hydroxylation is 1. The van der Waals surface area contributed by atoms with Crippen molar-refractivity contribution in [2.75, 3.05) is 19.8 Å². The van der Waals surface area contributed by atoms with E-state index in [1.54, 1.807) is 18.2 Å². The van der Waals surface area contributed by atoms with Gasteiger partial charge in [0, 0.05) is 6.54 Å². The normalized spacial score (nSPS) is 17.4. The SMILES string of the molecule is CCOc1ccc(S(=O)(=O)N2CCCCO2)cc1C. The predicted molar refractivity (Wildman–Crippen MR) is 71.4 cm³/mol. The molecule has 0 N–H and O–H groups in total. The summed E-state index contributed by atoms with van der Waals surface area (Å²) in [4.78, 5) is 5.47. The van der Waals surface area contributed by atoms with Crippen LogP contribution in [0.15, 0.2) is 23.1 Å². The Morgan fingerprint density at radius 2 is 2.16 bits per heavy atom. The molecule has 1 aliphatic heterocycles. The molecule has 0 aliphatic carbocycles. The third-order valence-corrected chi connectivity index (χ3v) is 4.66. The Bertz CT molecular complexity index is 536. The second kappa shape index (κ2) is 5.90. The van der Waals surface area contributed by atoms with Gasteiger partial charge in [-0.25, -0.2) is 8.42 Å². The highest BCUT2D eigenvalue weighted by Crippen LogP contribution is 2.25. The first-order valence-corrected chi connectivity index (χ1v) is 7.89. The van der Waals surface area contributed by atoms with Crippen molar-refractivity contribution in [3.8, 4) is 5.75 Å². The second-order valence-corrected chi connectivity index (χ2v) is 6.26. The highest BCUT2D eigenvalue weighted by molar-refractivity contribution is 7.89. The lowest BCUT2D eigenvalue weighted by atomic mass is 10.2. The van der Waals surface area contributed by atoms with E-state index in [4.69, 9.17) is 9.57 Å². The smallest absolute Gasteiger partial charge is 0.265 e. The Balaban J connectivity index is 2.27. The van der Waals surface area contributed by atoms with Gasteiger partial charge in [-0.15, -0.1) is 0 Å². The van der Waals surface area contributed by atoms with Crippen LogP contribution < -0.4 is 4.74 Å². The lowest BCUT2D eigenvalue weighted by molar-refractivity contribution is -0.108. The van der Waals surface area contributed by atoms with Gasteiger partial charge in [-0.05, 0) is 50.5 Å². The van der Waals surface area contributed by atoms with Crippen LogP contribution in [0.5, 0.6) is 5.75 Å². The minimum Gasteiger partial charge on any atom is -0.494 e. The van der Waals surface area contributed by atoms with Gasteiger partial charge in [-0.1, -0.05) is 4.47 Å². The number of hydrogen-bond donors (Lipinski definition) is 0. The fourth-order valence-electron chi connectivity index (χ4n) is 1.98. The lowest BCUT2D eigenvalue weighted by Crippen LogP contribution is -2.35. The molecule has 0 radical (unpaired) electrons. The number of sulfonamides is 1. The van der Waals surface area contributed by atoms with E-state index >= 15 is 0 Å². The Morgan fingerprint density at radius 3 is 2.74 bits per heavy atom. The zero-order chi connectivity index (χ0) is 13.9. The molecule has 0 saturated carbocycles. The van der Waals surface area contributed by atoms with E-state index in [1.165, 1.54) is 0 Å². The number of nitrogens with zero attached hydrogens (tertiary/aromatic N) is 1. The fraction of sp³-hybridized carbons (Fsp3) is 0.538. The average molecular weight is 285 g/mol. The van der Waals surface area contributed by atoms with Gasteiger partial charge < -0.3 is 4.74 Å². The molecule has 0 bridgehead atoms. The van der Waals surface area contributed by atoms with Crippen molar-refractivity contribution >= 4 is 10.0 Å². The molecule has 19 heavy (non-hydrogen) atoms. The largest absolute Gasteiger partial charge is 0.494 e.